The van der Waals surface area contributed by atoms with Crippen LogP contribution in [-0.2, 0) is 0 Å². The van der Waals surface area contributed by atoms with Crippen LogP contribution in [0.25, 0.3) is 0 Å². The van der Waals surface area contributed by atoms with Gasteiger partial charge in [0.15, 0.2) is 0 Å². The van der Waals surface area contributed by atoms with Crippen molar-refractivity contribution in [3.05, 3.63) is 16.6 Å². The Labute approximate surface area is 196 Å². The molecule has 182 valence electrons. The second kappa shape index (κ2) is 15.4. The SMILES string of the molecule is O=c1cnnc(NC2CCCCCCCCCCC2)n1C1CCCCCCCCCCC1. The third-order valence-corrected chi connectivity index (χ3v) is 7.66. The monoisotopic (exact) mass is 444 g/mol. The number of nitrogens with zero attached hydrogens (tertiary/aromatic N) is 3. The summed E-state index contributed by atoms with van der Waals surface area (Å²) in [5.74, 6) is 0.728. The molecule has 0 unspecified atom stereocenters. The average Bonchev–Trinajstić information content (AvgIpc) is 2.77. The molecule has 32 heavy (non-hydrogen) atoms. The van der Waals surface area contributed by atoms with Crippen molar-refractivity contribution in [2.24, 2.45) is 0 Å². The van der Waals surface area contributed by atoms with Crippen LogP contribution in [0.2, 0.25) is 0 Å². The zero-order valence-electron chi connectivity index (χ0n) is 20.5. The molecule has 0 aliphatic heterocycles. The standard InChI is InChI=1S/C27H48N4O/c32-26-23-28-30-27(29-24-19-15-11-7-3-1-4-8-12-16-20-24)31(26)25-21-17-13-9-5-2-6-10-14-18-22-25/h23-25H,1-22H2,(H,29,30). The highest BCUT2D eigenvalue weighted by Crippen LogP contribution is 2.27. The van der Waals surface area contributed by atoms with E-state index in [1.54, 1.807) is 0 Å². The molecule has 2 fully saturated rings. The van der Waals surface area contributed by atoms with Crippen molar-refractivity contribution < 1.29 is 0 Å². The first-order valence-corrected chi connectivity index (χ1v) is 14.1. The van der Waals surface area contributed by atoms with Gasteiger partial charge in [-0.1, -0.05) is 116 Å². The maximum absolute atomic E-state index is 13.0. The molecule has 3 rings (SSSR count). The largest absolute Gasteiger partial charge is 0.352 e. The third-order valence-electron chi connectivity index (χ3n) is 7.66. The quantitative estimate of drug-likeness (QED) is 0.522. The molecule has 0 bridgehead atoms. The lowest BCUT2D eigenvalue weighted by atomic mass is 9.97. The van der Waals surface area contributed by atoms with E-state index in [4.69, 9.17) is 0 Å². The van der Waals surface area contributed by atoms with E-state index in [2.05, 4.69) is 15.5 Å². The van der Waals surface area contributed by atoms with Crippen molar-refractivity contribution >= 4 is 5.95 Å². The molecule has 2 aliphatic carbocycles. The van der Waals surface area contributed by atoms with E-state index >= 15 is 0 Å². The van der Waals surface area contributed by atoms with E-state index in [0.717, 1.165) is 18.8 Å². The van der Waals surface area contributed by atoms with Gasteiger partial charge in [-0.15, -0.1) is 10.2 Å². The molecule has 2 saturated carbocycles. The number of anilines is 1. The molecule has 5 nitrogen and oxygen atoms in total. The predicted molar refractivity (Wildman–Crippen MR) is 134 cm³/mol. The highest BCUT2D eigenvalue weighted by Gasteiger charge is 2.20. The molecule has 0 atom stereocenters. The molecule has 1 aromatic heterocycles. The highest BCUT2D eigenvalue weighted by atomic mass is 16.1. The molecular formula is C27H48N4O. The van der Waals surface area contributed by atoms with Crippen molar-refractivity contribution in [1.82, 2.24) is 14.8 Å². The Bertz CT molecular complexity index is 650. The maximum Gasteiger partial charge on any atom is 0.273 e. The molecule has 1 N–H and O–H groups in total. The highest BCUT2D eigenvalue weighted by molar-refractivity contribution is 5.26. The zero-order chi connectivity index (χ0) is 22.3. The molecular weight excluding hydrogens is 396 g/mol. The van der Waals surface area contributed by atoms with Crippen molar-refractivity contribution in [1.29, 1.82) is 0 Å². The molecule has 1 heterocycles. The first-order chi connectivity index (χ1) is 15.8. The van der Waals surface area contributed by atoms with Crippen LogP contribution in [0, 0.1) is 0 Å². The minimum atomic E-state index is 0.0211. The summed E-state index contributed by atoms with van der Waals surface area (Å²) in [6, 6.07) is 0.661. The maximum atomic E-state index is 13.0. The van der Waals surface area contributed by atoms with Crippen molar-refractivity contribution in [2.75, 3.05) is 5.32 Å². The van der Waals surface area contributed by atoms with Crippen LogP contribution in [0.5, 0.6) is 0 Å². The van der Waals surface area contributed by atoms with Crippen LogP contribution in [0.3, 0.4) is 0 Å². The predicted octanol–water partition coefficient (Wildman–Crippen LogP) is 7.57. The summed E-state index contributed by atoms with van der Waals surface area (Å²) < 4.78 is 1.98. The number of nitrogens with one attached hydrogen (secondary N) is 1. The van der Waals surface area contributed by atoms with Crippen LogP contribution in [0.15, 0.2) is 11.0 Å². The minimum absolute atomic E-state index is 0.0211. The van der Waals surface area contributed by atoms with Gasteiger partial charge in [0, 0.05) is 12.1 Å². The van der Waals surface area contributed by atoms with E-state index in [9.17, 15) is 4.79 Å². The smallest absolute Gasteiger partial charge is 0.273 e. The molecule has 1 aromatic rings. The van der Waals surface area contributed by atoms with Crippen molar-refractivity contribution in [2.45, 2.75) is 153 Å². The summed E-state index contributed by atoms with van der Waals surface area (Å²) >= 11 is 0. The molecule has 0 amide bonds. The Morgan fingerprint density at radius 1 is 0.625 bits per heavy atom. The van der Waals surface area contributed by atoms with Gasteiger partial charge in [-0.3, -0.25) is 9.36 Å². The Balaban J connectivity index is 1.69. The van der Waals surface area contributed by atoms with E-state index in [0.29, 0.717) is 6.04 Å². The lowest BCUT2D eigenvalue weighted by molar-refractivity contribution is 0.375. The second-order valence-electron chi connectivity index (χ2n) is 10.4. The fourth-order valence-corrected chi connectivity index (χ4v) is 5.69. The molecule has 2 aliphatic rings. The van der Waals surface area contributed by atoms with Gasteiger partial charge in [-0.25, -0.2) is 0 Å². The van der Waals surface area contributed by atoms with Gasteiger partial charge < -0.3 is 5.32 Å². The summed E-state index contributed by atoms with van der Waals surface area (Å²) in [7, 11) is 0. The molecule has 0 spiro atoms. The second-order valence-corrected chi connectivity index (χ2v) is 10.4. The average molecular weight is 445 g/mol. The lowest BCUT2D eigenvalue weighted by Gasteiger charge is -2.26. The molecule has 5 heteroatoms. The summed E-state index contributed by atoms with van der Waals surface area (Å²) in [5.41, 5.74) is 0.0211. The van der Waals surface area contributed by atoms with Crippen LogP contribution >= 0.6 is 0 Å². The van der Waals surface area contributed by atoms with Crippen LogP contribution < -0.4 is 10.9 Å². The van der Waals surface area contributed by atoms with Crippen LogP contribution in [0.4, 0.5) is 5.95 Å². The van der Waals surface area contributed by atoms with Gasteiger partial charge in [-0.05, 0) is 25.7 Å². The topological polar surface area (TPSA) is 59.8 Å². The Hall–Kier alpha value is -1.39. The molecule has 0 radical (unpaired) electrons. The number of hydrogen-bond donors (Lipinski definition) is 1. The van der Waals surface area contributed by atoms with Gasteiger partial charge in [0.2, 0.25) is 5.95 Å². The van der Waals surface area contributed by atoms with Gasteiger partial charge >= 0.3 is 0 Å². The number of rotatable bonds is 3. The van der Waals surface area contributed by atoms with Gasteiger partial charge in [-0.2, -0.15) is 0 Å². The van der Waals surface area contributed by atoms with E-state index < -0.39 is 0 Å². The molecule has 0 aromatic carbocycles. The van der Waals surface area contributed by atoms with Crippen molar-refractivity contribution in [3.63, 3.8) is 0 Å². The van der Waals surface area contributed by atoms with Gasteiger partial charge in [0.05, 0.1) is 0 Å². The Morgan fingerprint density at radius 3 is 1.50 bits per heavy atom. The summed E-state index contributed by atoms with van der Waals surface area (Å²) in [6.07, 6.45) is 29.9. The van der Waals surface area contributed by atoms with E-state index in [-0.39, 0.29) is 11.6 Å². The fraction of sp³-hybridized carbons (Fsp3) is 0.889. The van der Waals surface area contributed by atoms with Gasteiger partial charge in [0.1, 0.15) is 6.20 Å². The number of aromatic nitrogens is 3. The third kappa shape index (κ3) is 9.23. The lowest BCUT2D eigenvalue weighted by Crippen LogP contribution is -2.32. The first-order valence-electron chi connectivity index (χ1n) is 14.1. The van der Waals surface area contributed by atoms with Crippen molar-refractivity contribution in [3.8, 4) is 0 Å². The summed E-state index contributed by atoms with van der Waals surface area (Å²) in [4.78, 5) is 13.0. The van der Waals surface area contributed by atoms with E-state index in [1.165, 1.54) is 135 Å². The van der Waals surface area contributed by atoms with Crippen LogP contribution in [0.1, 0.15) is 147 Å². The van der Waals surface area contributed by atoms with E-state index in [1.807, 2.05) is 4.57 Å². The molecule has 0 saturated heterocycles. The zero-order valence-corrected chi connectivity index (χ0v) is 20.5. The Kier molecular flexibility index (Phi) is 12.2. The van der Waals surface area contributed by atoms with Crippen LogP contribution in [-0.4, -0.2) is 20.8 Å². The summed E-state index contributed by atoms with van der Waals surface area (Å²) in [5, 5.41) is 12.3. The summed E-state index contributed by atoms with van der Waals surface area (Å²) in [6.45, 7) is 0. The minimum Gasteiger partial charge on any atom is -0.352 e. The first kappa shape index (κ1) is 25.2. The van der Waals surface area contributed by atoms with Gasteiger partial charge in [0.25, 0.3) is 5.56 Å². The Morgan fingerprint density at radius 2 is 1.03 bits per heavy atom. The number of hydrogen-bond acceptors (Lipinski definition) is 4. The fourth-order valence-electron chi connectivity index (χ4n) is 5.69. The normalized spacial score (nSPS) is 22.6.